The van der Waals surface area contributed by atoms with E-state index in [0.717, 1.165) is 5.56 Å². The van der Waals surface area contributed by atoms with E-state index in [-0.39, 0.29) is 11.8 Å². The van der Waals surface area contributed by atoms with Crippen LogP contribution in [0.1, 0.15) is 25.6 Å². The SMILES string of the molecule is Cc1ccc(NC(=O)c2cccs2)cc1NC(=O)c1cccc(N)c1. The van der Waals surface area contributed by atoms with Gasteiger partial charge in [-0.25, -0.2) is 0 Å². The Morgan fingerprint density at radius 1 is 0.960 bits per heavy atom. The number of carbonyl (C=O) groups excluding carboxylic acids is 2. The zero-order valence-corrected chi connectivity index (χ0v) is 14.4. The Hall–Kier alpha value is -3.12. The maximum atomic E-state index is 12.4. The molecule has 25 heavy (non-hydrogen) atoms. The van der Waals surface area contributed by atoms with Gasteiger partial charge in [-0.2, -0.15) is 0 Å². The molecule has 2 aromatic carbocycles. The third-order valence-electron chi connectivity index (χ3n) is 3.64. The number of hydrogen-bond donors (Lipinski definition) is 3. The molecule has 0 radical (unpaired) electrons. The lowest BCUT2D eigenvalue weighted by Gasteiger charge is -2.11. The molecule has 0 unspecified atom stereocenters. The van der Waals surface area contributed by atoms with Gasteiger partial charge >= 0.3 is 0 Å². The lowest BCUT2D eigenvalue weighted by atomic mass is 10.1. The van der Waals surface area contributed by atoms with Gasteiger partial charge in [0.25, 0.3) is 11.8 Å². The highest BCUT2D eigenvalue weighted by atomic mass is 32.1. The zero-order chi connectivity index (χ0) is 17.8. The van der Waals surface area contributed by atoms with Crippen LogP contribution in [-0.2, 0) is 0 Å². The van der Waals surface area contributed by atoms with Crippen molar-refractivity contribution >= 4 is 40.2 Å². The van der Waals surface area contributed by atoms with E-state index in [2.05, 4.69) is 10.6 Å². The molecule has 126 valence electrons. The van der Waals surface area contributed by atoms with Gasteiger partial charge in [-0.05, 0) is 54.3 Å². The van der Waals surface area contributed by atoms with Crippen LogP contribution in [0.25, 0.3) is 0 Å². The molecule has 5 nitrogen and oxygen atoms in total. The molecule has 2 amide bonds. The van der Waals surface area contributed by atoms with Gasteiger partial charge in [-0.15, -0.1) is 11.3 Å². The number of nitrogens with one attached hydrogen (secondary N) is 2. The van der Waals surface area contributed by atoms with E-state index < -0.39 is 0 Å². The number of carbonyl (C=O) groups is 2. The molecule has 1 aromatic heterocycles. The number of nitrogen functional groups attached to an aromatic ring is 1. The normalized spacial score (nSPS) is 10.3. The van der Waals surface area contributed by atoms with Crippen LogP contribution in [-0.4, -0.2) is 11.8 Å². The predicted molar refractivity (Wildman–Crippen MR) is 102 cm³/mol. The monoisotopic (exact) mass is 351 g/mol. The fourth-order valence-corrected chi connectivity index (χ4v) is 2.93. The van der Waals surface area contributed by atoms with Gasteiger partial charge in [0.2, 0.25) is 0 Å². The van der Waals surface area contributed by atoms with Gasteiger partial charge in [0.1, 0.15) is 0 Å². The Morgan fingerprint density at radius 3 is 2.52 bits per heavy atom. The summed E-state index contributed by atoms with van der Waals surface area (Å²) in [5.74, 6) is -0.427. The van der Waals surface area contributed by atoms with Crippen LogP contribution in [0.3, 0.4) is 0 Å². The molecule has 3 aromatic rings. The molecule has 1 heterocycles. The first kappa shape index (κ1) is 16.7. The molecule has 0 saturated carbocycles. The Kier molecular flexibility index (Phi) is 4.81. The molecule has 0 atom stereocenters. The molecular formula is C19H17N3O2S. The summed E-state index contributed by atoms with van der Waals surface area (Å²) in [6.07, 6.45) is 0. The third kappa shape index (κ3) is 4.05. The van der Waals surface area contributed by atoms with Crippen LogP contribution in [0.15, 0.2) is 60.0 Å². The fraction of sp³-hybridized carbons (Fsp3) is 0.0526. The highest BCUT2D eigenvalue weighted by Gasteiger charge is 2.11. The van der Waals surface area contributed by atoms with E-state index in [9.17, 15) is 9.59 Å². The smallest absolute Gasteiger partial charge is 0.265 e. The zero-order valence-electron chi connectivity index (χ0n) is 13.6. The van der Waals surface area contributed by atoms with Crippen LogP contribution < -0.4 is 16.4 Å². The summed E-state index contributed by atoms with van der Waals surface area (Å²) in [6, 6.07) is 15.7. The summed E-state index contributed by atoms with van der Waals surface area (Å²) >= 11 is 1.37. The highest BCUT2D eigenvalue weighted by Crippen LogP contribution is 2.22. The molecule has 0 aliphatic heterocycles. The van der Waals surface area contributed by atoms with Gasteiger partial charge in [-0.3, -0.25) is 9.59 Å². The lowest BCUT2D eigenvalue weighted by Crippen LogP contribution is -2.14. The van der Waals surface area contributed by atoms with Crippen molar-refractivity contribution < 1.29 is 9.59 Å². The molecule has 0 aliphatic rings. The molecule has 3 rings (SSSR count). The van der Waals surface area contributed by atoms with E-state index in [1.807, 2.05) is 24.4 Å². The first-order valence-corrected chi connectivity index (χ1v) is 8.53. The molecule has 0 bridgehead atoms. The minimum atomic E-state index is -0.253. The Labute approximate surface area is 149 Å². The van der Waals surface area contributed by atoms with Crippen molar-refractivity contribution in [2.24, 2.45) is 0 Å². The van der Waals surface area contributed by atoms with Gasteiger partial charge in [0.05, 0.1) is 4.88 Å². The van der Waals surface area contributed by atoms with E-state index in [1.54, 1.807) is 42.5 Å². The fourth-order valence-electron chi connectivity index (χ4n) is 2.31. The maximum Gasteiger partial charge on any atom is 0.265 e. The summed E-state index contributed by atoms with van der Waals surface area (Å²) in [5, 5.41) is 7.54. The van der Waals surface area contributed by atoms with E-state index in [1.165, 1.54) is 11.3 Å². The topological polar surface area (TPSA) is 84.2 Å². The second-order valence-electron chi connectivity index (χ2n) is 5.54. The summed E-state index contributed by atoms with van der Waals surface area (Å²) < 4.78 is 0. The molecule has 0 fully saturated rings. The summed E-state index contributed by atoms with van der Waals surface area (Å²) in [5.41, 5.74) is 8.87. The van der Waals surface area contributed by atoms with Crippen LogP contribution in [0.2, 0.25) is 0 Å². The first-order chi connectivity index (χ1) is 12.0. The maximum absolute atomic E-state index is 12.4. The number of anilines is 3. The Balaban J connectivity index is 1.77. The largest absolute Gasteiger partial charge is 0.399 e. The average molecular weight is 351 g/mol. The molecule has 6 heteroatoms. The van der Waals surface area contributed by atoms with E-state index >= 15 is 0 Å². The number of amides is 2. The van der Waals surface area contributed by atoms with Crippen LogP contribution in [0, 0.1) is 6.92 Å². The first-order valence-electron chi connectivity index (χ1n) is 7.65. The van der Waals surface area contributed by atoms with Crippen LogP contribution in [0.5, 0.6) is 0 Å². The van der Waals surface area contributed by atoms with Crippen molar-refractivity contribution in [3.63, 3.8) is 0 Å². The quantitative estimate of drug-likeness (QED) is 0.618. The predicted octanol–water partition coefficient (Wildman–Crippen LogP) is 4.14. The standard InChI is InChI=1S/C19H17N3O2S/c1-12-7-8-15(21-19(24)17-6-3-9-25-17)11-16(12)22-18(23)13-4-2-5-14(20)10-13/h2-11H,20H2,1H3,(H,21,24)(H,22,23). The van der Waals surface area contributed by atoms with E-state index in [0.29, 0.717) is 27.5 Å². The Morgan fingerprint density at radius 2 is 1.80 bits per heavy atom. The van der Waals surface area contributed by atoms with Gasteiger partial charge < -0.3 is 16.4 Å². The summed E-state index contributed by atoms with van der Waals surface area (Å²) in [6.45, 7) is 1.89. The van der Waals surface area contributed by atoms with E-state index in [4.69, 9.17) is 5.73 Å². The second-order valence-corrected chi connectivity index (χ2v) is 6.49. The third-order valence-corrected chi connectivity index (χ3v) is 4.51. The van der Waals surface area contributed by atoms with Gasteiger partial charge in [0, 0.05) is 22.6 Å². The van der Waals surface area contributed by atoms with Gasteiger partial charge in [-0.1, -0.05) is 18.2 Å². The van der Waals surface area contributed by atoms with Crippen molar-refractivity contribution in [1.82, 2.24) is 0 Å². The highest BCUT2D eigenvalue weighted by molar-refractivity contribution is 7.12. The molecule has 0 saturated heterocycles. The number of thiophene rings is 1. The van der Waals surface area contributed by atoms with Crippen LogP contribution in [0.4, 0.5) is 17.1 Å². The van der Waals surface area contributed by atoms with Crippen molar-refractivity contribution in [1.29, 1.82) is 0 Å². The average Bonchev–Trinajstić information content (AvgIpc) is 3.12. The summed E-state index contributed by atoms with van der Waals surface area (Å²) in [7, 11) is 0. The lowest BCUT2D eigenvalue weighted by molar-refractivity contribution is 0.102. The van der Waals surface area contributed by atoms with Crippen molar-refractivity contribution in [2.45, 2.75) is 6.92 Å². The molecular weight excluding hydrogens is 334 g/mol. The molecule has 0 aliphatic carbocycles. The Bertz CT molecular complexity index is 920. The number of aryl methyl sites for hydroxylation is 1. The van der Waals surface area contributed by atoms with Crippen molar-refractivity contribution in [3.05, 3.63) is 76.0 Å². The molecule has 4 N–H and O–H groups in total. The van der Waals surface area contributed by atoms with Crippen molar-refractivity contribution in [2.75, 3.05) is 16.4 Å². The van der Waals surface area contributed by atoms with Gasteiger partial charge in [0.15, 0.2) is 0 Å². The van der Waals surface area contributed by atoms with Crippen LogP contribution >= 0.6 is 11.3 Å². The number of rotatable bonds is 4. The number of nitrogens with two attached hydrogens (primary N) is 1. The number of benzene rings is 2. The number of hydrogen-bond acceptors (Lipinski definition) is 4. The minimum absolute atomic E-state index is 0.174. The summed E-state index contributed by atoms with van der Waals surface area (Å²) in [4.78, 5) is 25.2. The second kappa shape index (κ2) is 7.19. The molecule has 0 spiro atoms. The minimum Gasteiger partial charge on any atom is -0.399 e. The van der Waals surface area contributed by atoms with Crippen molar-refractivity contribution in [3.8, 4) is 0 Å².